The first-order chi connectivity index (χ1) is 10.0. The van der Waals surface area contributed by atoms with E-state index in [2.05, 4.69) is 30.7 Å². The molecule has 21 heavy (non-hydrogen) atoms. The predicted molar refractivity (Wildman–Crippen MR) is 87.9 cm³/mol. The molecule has 114 valence electrons. The van der Waals surface area contributed by atoms with Gasteiger partial charge in [-0.3, -0.25) is 0 Å². The van der Waals surface area contributed by atoms with E-state index in [-0.39, 0.29) is 0 Å². The number of rotatable bonds is 4. The second kappa shape index (κ2) is 6.72. The van der Waals surface area contributed by atoms with Crippen molar-refractivity contribution in [2.45, 2.75) is 26.8 Å². The molecule has 2 rings (SSSR count). The molecule has 5 heteroatoms. The number of morpholine rings is 1. The molecule has 0 amide bonds. The Morgan fingerprint density at radius 2 is 2.29 bits per heavy atom. The van der Waals surface area contributed by atoms with Gasteiger partial charge in [0.1, 0.15) is 5.82 Å². The SMILES string of the molecule is CC(C)/C=C(\C=N)c1cc(N2CCOCC2C)cc(N)n1. The fraction of sp³-hybridized carbons (Fsp3) is 0.500. The van der Waals surface area contributed by atoms with Crippen LogP contribution in [-0.4, -0.2) is 37.0 Å². The number of allylic oxidation sites excluding steroid dienone is 2. The Morgan fingerprint density at radius 1 is 1.52 bits per heavy atom. The first-order valence-electron chi connectivity index (χ1n) is 7.36. The van der Waals surface area contributed by atoms with E-state index in [4.69, 9.17) is 15.9 Å². The van der Waals surface area contributed by atoms with E-state index >= 15 is 0 Å². The Kier molecular flexibility index (Phi) is 4.96. The van der Waals surface area contributed by atoms with Crippen LogP contribution in [0, 0.1) is 11.3 Å². The van der Waals surface area contributed by atoms with Crippen molar-refractivity contribution in [2.24, 2.45) is 5.92 Å². The maximum atomic E-state index is 7.61. The first-order valence-corrected chi connectivity index (χ1v) is 7.36. The average Bonchev–Trinajstić information content (AvgIpc) is 2.44. The summed E-state index contributed by atoms with van der Waals surface area (Å²) in [4.78, 5) is 6.66. The van der Waals surface area contributed by atoms with Gasteiger partial charge in [-0.2, -0.15) is 0 Å². The van der Waals surface area contributed by atoms with Crippen molar-refractivity contribution in [3.63, 3.8) is 0 Å². The number of ether oxygens (including phenoxy) is 1. The number of hydrogen-bond donors (Lipinski definition) is 2. The van der Waals surface area contributed by atoms with Crippen molar-refractivity contribution in [3.05, 3.63) is 23.9 Å². The van der Waals surface area contributed by atoms with Crippen molar-refractivity contribution in [2.75, 3.05) is 30.4 Å². The van der Waals surface area contributed by atoms with Crippen LogP contribution < -0.4 is 10.6 Å². The van der Waals surface area contributed by atoms with Crippen LogP contribution in [0.1, 0.15) is 26.5 Å². The van der Waals surface area contributed by atoms with E-state index in [1.807, 2.05) is 18.2 Å². The highest BCUT2D eigenvalue weighted by atomic mass is 16.5. The van der Waals surface area contributed by atoms with Crippen LogP contribution in [0.4, 0.5) is 11.5 Å². The van der Waals surface area contributed by atoms with Gasteiger partial charge in [-0.1, -0.05) is 19.9 Å². The summed E-state index contributed by atoms with van der Waals surface area (Å²) in [6.07, 6.45) is 3.37. The van der Waals surface area contributed by atoms with Gasteiger partial charge < -0.3 is 20.8 Å². The van der Waals surface area contributed by atoms with E-state index < -0.39 is 0 Å². The molecule has 1 aliphatic rings. The molecule has 0 radical (unpaired) electrons. The number of nitrogens with two attached hydrogens (primary N) is 1. The molecule has 5 nitrogen and oxygen atoms in total. The van der Waals surface area contributed by atoms with E-state index in [0.717, 1.165) is 36.7 Å². The quantitative estimate of drug-likeness (QED) is 0.835. The van der Waals surface area contributed by atoms with Gasteiger partial charge in [0.05, 0.1) is 18.9 Å². The standard InChI is InChI=1S/C16H24N4O/c1-11(2)6-13(9-17)15-7-14(8-16(18)19-15)20-4-5-21-10-12(20)3/h6-9,11-12,17H,4-5,10H2,1-3H3,(H2,18,19)/b13-6+,17-9?. The zero-order valence-electron chi connectivity index (χ0n) is 13.0. The van der Waals surface area contributed by atoms with Crippen LogP contribution in [0.15, 0.2) is 18.2 Å². The number of nitrogens with one attached hydrogen (secondary N) is 1. The minimum Gasteiger partial charge on any atom is -0.384 e. The fourth-order valence-electron chi connectivity index (χ4n) is 2.53. The van der Waals surface area contributed by atoms with Crippen LogP contribution in [0.5, 0.6) is 0 Å². The van der Waals surface area contributed by atoms with E-state index in [9.17, 15) is 0 Å². The lowest BCUT2D eigenvalue weighted by molar-refractivity contribution is 0.0989. The van der Waals surface area contributed by atoms with Crippen LogP contribution in [0.25, 0.3) is 5.57 Å². The third kappa shape index (κ3) is 3.82. The molecule has 0 aromatic carbocycles. The Morgan fingerprint density at radius 3 is 2.90 bits per heavy atom. The Labute approximate surface area is 126 Å². The Bertz CT molecular complexity index is 539. The van der Waals surface area contributed by atoms with Crippen molar-refractivity contribution in [3.8, 4) is 0 Å². The molecule has 1 saturated heterocycles. The zero-order valence-corrected chi connectivity index (χ0v) is 13.0. The summed E-state index contributed by atoms with van der Waals surface area (Å²) < 4.78 is 5.48. The second-order valence-corrected chi connectivity index (χ2v) is 5.76. The maximum absolute atomic E-state index is 7.61. The minimum atomic E-state index is 0.311. The summed E-state index contributed by atoms with van der Waals surface area (Å²) in [6, 6.07) is 4.21. The smallest absolute Gasteiger partial charge is 0.126 e. The predicted octanol–water partition coefficient (Wildman–Crippen LogP) is 2.58. The zero-order chi connectivity index (χ0) is 15.4. The molecular formula is C16H24N4O. The van der Waals surface area contributed by atoms with Gasteiger partial charge in [-0.25, -0.2) is 4.98 Å². The lowest BCUT2D eigenvalue weighted by atomic mass is 10.1. The summed E-state index contributed by atoms with van der Waals surface area (Å²) >= 11 is 0. The molecule has 2 heterocycles. The van der Waals surface area contributed by atoms with Crippen molar-refractivity contribution < 1.29 is 4.74 Å². The molecule has 1 aromatic rings. The number of nitrogens with zero attached hydrogens (tertiary/aromatic N) is 2. The molecule has 1 aromatic heterocycles. The van der Waals surface area contributed by atoms with Crippen molar-refractivity contribution >= 4 is 23.3 Å². The number of hydrogen-bond acceptors (Lipinski definition) is 5. The number of anilines is 2. The van der Waals surface area contributed by atoms with Gasteiger partial charge in [-0.15, -0.1) is 0 Å². The van der Waals surface area contributed by atoms with Crippen molar-refractivity contribution in [1.82, 2.24) is 4.98 Å². The molecule has 0 bridgehead atoms. The average molecular weight is 288 g/mol. The summed E-state index contributed by atoms with van der Waals surface area (Å²) in [6.45, 7) is 8.59. The normalized spacial score (nSPS) is 19.9. The Balaban J connectivity index is 2.38. The molecule has 1 unspecified atom stereocenters. The van der Waals surface area contributed by atoms with Gasteiger partial charge in [0.2, 0.25) is 0 Å². The number of aromatic nitrogens is 1. The highest BCUT2D eigenvalue weighted by Gasteiger charge is 2.20. The van der Waals surface area contributed by atoms with Gasteiger partial charge in [0.25, 0.3) is 0 Å². The van der Waals surface area contributed by atoms with Gasteiger partial charge in [0, 0.05) is 36.1 Å². The molecule has 1 aliphatic heterocycles. The fourth-order valence-corrected chi connectivity index (χ4v) is 2.53. The summed E-state index contributed by atoms with van der Waals surface area (Å²) in [5, 5.41) is 7.61. The second-order valence-electron chi connectivity index (χ2n) is 5.76. The van der Waals surface area contributed by atoms with Crippen LogP contribution in [0.2, 0.25) is 0 Å². The summed E-state index contributed by atoms with van der Waals surface area (Å²) in [5.74, 6) is 0.841. The van der Waals surface area contributed by atoms with Gasteiger partial charge in [0.15, 0.2) is 0 Å². The largest absolute Gasteiger partial charge is 0.384 e. The van der Waals surface area contributed by atoms with E-state index in [0.29, 0.717) is 17.8 Å². The summed E-state index contributed by atoms with van der Waals surface area (Å²) in [7, 11) is 0. The highest BCUT2D eigenvalue weighted by Crippen LogP contribution is 2.25. The van der Waals surface area contributed by atoms with Crippen molar-refractivity contribution in [1.29, 1.82) is 5.41 Å². The van der Waals surface area contributed by atoms with Gasteiger partial charge in [-0.05, 0) is 18.9 Å². The number of pyridine rings is 1. The first kappa shape index (κ1) is 15.5. The van der Waals surface area contributed by atoms with E-state index in [1.54, 1.807) is 0 Å². The third-order valence-corrected chi connectivity index (χ3v) is 3.49. The lowest BCUT2D eigenvalue weighted by Crippen LogP contribution is -2.43. The molecule has 1 atom stereocenters. The lowest BCUT2D eigenvalue weighted by Gasteiger charge is -2.35. The maximum Gasteiger partial charge on any atom is 0.126 e. The molecule has 3 N–H and O–H groups in total. The topological polar surface area (TPSA) is 75.2 Å². The molecular weight excluding hydrogens is 264 g/mol. The van der Waals surface area contributed by atoms with Crippen LogP contribution in [0.3, 0.4) is 0 Å². The number of nitrogen functional groups attached to an aromatic ring is 1. The Hall–Kier alpha value is -1.88. The minimum absolute atomic E-state index is 0.311. The molecule has 0 aliphatic carbocycles. The molecule has 1 fully saturated rings. The highest BCUT2D eigenvalue weighted by molar-refractivity contribution is 6.07. The van der Waals surface area contributed by atoms with Gasteiger partial charge >= 0.3 is 0 Å². The molecule has 0 saturated carbocycles. The monoisotopic (exact) mass is 288 g/mol. The summed E-state index contributed by atoms with van der Waals surface area (Å²) in [5.41, 5.74) is 8.57. The van der Waals surface area contributed by atoms with E-state index in [1.165, 1.54) is 6.21 Å². The van der Waals surface area contributed by atoms with Crippen LogP contribution in [-0.2, 0) is 4.74 Å². The van der Waals surface area contributed by atoms with Crippen LogP contribution >= 0.6 is 0 Å². The third-order valence-electron chi connectivity index (χ3n) is 3.49. The molecule has 0 spiro atoms.